The fraction of sp³-hybridized carbons (Fsp3) is 0.233. The smallest absolute Gasteiger partial charge is 0.282 e. The molecule has 234 valence electrons. The highest BCUT2D eigenvalue weighted by molar-refractivity contribution is 5.98. The number of aromatic nitrogens is 3. The lowest BCUT2D eigenvalue weighted by molar-refractivity contribution is -0.122. The highest BCUT2D eigenvalue weighted by Crippen LogP contribution is 2.44. The highest BCUT2D eigenvalue weighted by atomic mass is 19.3. The lowest BCUT2D eigenvalue weighted by Crippen LogP contribution is -2.35. The van der Waals surface area contributed by atoms with Crippen LogP contribution in [-0.4, -0.2) is 32.4 Å². The number of nitrogens with one attached hydrogen (secondary N) is 1. The van der Waals surface area contributed by atoms with Crippen LogP contribution in [0, 0.1) is 17.5 Å². The normalized spacial score (nSPS) is 14.7. The van der Waals surface area contributed by atoms with Crippen LogP contribution in [0.15, 0.2) is 54.7 Å². The first kappa shape index (κ1) is 31.3. The summed E-state index contributed by atoms with van der Waals surface area (Å²) in [5.41, 5.74) is 2.05. The van der Waals surface area contributed by atoms with E-state index >= 15 is 0 Å². The average Bonchev–Trinajstić information content (AvgIpc) is 3.36. The fourth-order valence-corrected chi connectivity index (χ4v) is 5.28. The summed E-state index contributed by atoms with van der Waals surface area (Å²) in [4.78, 5) is 42.0. The minimum atomic E-state index is -3.78. The van der Waals surface area contributed by atoms with Crippen molar-refractivity contribution in [1.82, 2.24) is 20.1 Å². The molecule has 3 N–H and O–H groups in total. The van der Waals surface area contributed by atoms with Crippen LogP contribution < -0.4 is 11.1 Å². The maximum Gasteiger partial charge on any atom is 0.282 e. The Balaban J connectivity index is 1.55. The van der Waals surface area contributed by atoms with Crippen molar-refractivity contribution < 1.29 is 45.1 Å². The molecule has 2 amide bonds. The molecule has 1 aliphatic carbocycles. The number of alkyl halides is 4. The number of ketones is 1. The molecule has 0 unspecified atom stereocenters. The molecule has 1 aliphatic rings. The first-order chi connectivity index (χ1) is 21.2. The molecule has 2 aromatic heterocycles. The Morgan fingerprint density at radius 2 is 1.73 bits per heavy atom. The van der Waals surface area contributed by atoms with E-state index in [4.69, 9.17) is 5.73 Å². The number of hydrogen-bond acceptors (Lipinski definition) is 5. The summed E-state index contributed by atoms with van der Waals surface area (Å²) >= 11 is 0. The molecule has 2 aromatic carbocycles. The number of pyridine rings is 1. The van der Waals surface area contributed by atoms with Crippen LogP contribution in [-0.2, 0) is 23.7 Å². The van der Waals surface area contributed by atoms with Crippen LogP contribution in [0.4, 0.5) is 30.7 Å². The summed E-state index contributed by atoms with van der Waals surface area (Å²) in [5.74, 6) is -9.50. The van der Waals surface area contributed by atoms with Gasteiger partial charge in [-0.1, -0.05) is 12.1 Å². The second-order valence-electron chi connectivity index (χ2n) is 10.3. The van der Waals surface area contributed by atoms with Gasteiger partial charge >= 0.3 is 0 Å². The van der Waals surface area contributed by atoms with Crippen LogP contribution in [0.25, 0.3) is 11.1 Å². The number of nitrogens with zero attached hydrogens (tertiary/aromatic N) is 3. The van der Waals surface area contributed by atoms with E-state index in [2.05, 4.69) is 15.4 Å². The quantitative estimate of drug-likeness (QED) is 0.234. The zero-order valence-electron chi connectivity index (χ0n) is 23.0. The predicted molar refractivity (Wildman–Crippen MR) is 144 cm³/mol. The van der Waals surface area contributed by atoms with Crippen LogP contribution in [0.2, 0.25) is 0 Å². The molecule has 45 heavy (non-hydrogen) atoms. The molecule has 0 saturated heterocycles. The van der Waals surface area contributed by atoms with E-state index in [0.717, 1.165) is 24.3 Å². The van der Waals surface area contributed by atoms with Gasteiger partial charge in [0.2, 0.25) is 5.91 Å². The van der Waals surface area contributed by atoms with Crippen molar-refractivity contribution in [2.75, 3.05) is 0 Å². The number of primary amides is 1. The van der Waals surface area contributed by atoms with Crippen molar-refractivity contribution in [3.63, 3.8) is 0 Å². The minimum Gasteiger partial charge on any atom is -0.366 e. The number of fused-ring (bicyclic) bond motifs is 1. The van der Waals surface area contributed by atoms with Crippen molar-refractivity contribution in [2.45, 2.75) is 44.2 Å². The number of hydrogen-bond donors (Lipinski definition) is 2. The summed E-state index contributed by atoms with van der Waals surface area (Å²) in [5, 5.41) is 6.02. The van der Waals surface area contributed by atoms with Crippen molar-refractivity contribution in [2.24, 2.45) is 5.73 Å². The molecule has 0 fully saturated rings. The van der Waals surface area contributed by atoms with Gasteiger partial charge in [0.25, 0.3) is 18.3 Å². The van der Waals surface area contributed by atoms with E-state index in [1.165, 1.54) is 24.4 Å². The van der Waals surface area contributed by atoms with Gasteiger partial charge in [-0.2, -0.15) is 5.10 Å². The van der Waals surface area contributed by atoms with E-state index in [0.29, 0.717) is 10.7 Å². The second kappa shape index (κ2) is 12.1. The molecular formula is C30H22F7N5O3. The largest absolute Gasteiger partial charge is 0.366 e. The van der Waals surface area contributed by atoms with E-state index in [1.807, 2.05) is 0 Å². The van der Waals surface area contributed by atoms with Gasteiger partial charge < -0.3 is 11.1 Å². The number of rotatable bonds is 9. The van der Waals surface area contributed by atoms with E-state index in [9.17, 15) is 45.1 Å². The third-order valence-corrected chi connectivity index (χ3v) is 7.18. The van der Waals surface area contributed by atoms with Crippen molar-refractivity contribution in [1.29, 1.82) is 0 Å². The molecule has 15 heteroatoms. The predicted octanol–water partition coefficient (Wildman–Crippen LogP) is 5.57. The van der Waals surface area contributed by atoms with Gasteiger partial charge in [0.05, 0.1) is 22.9 Å². The topological polar surface area (TPSA) is 120 Å². The Kier molecular flexibility index (Phi) is 8.45. The van der Waals surface area contributed by atoms with Crippen LogP contribution in [0.1, 0.15) is 68.7 Å². The Morgan fingerprint density at radius 3 is 2.40 bits per heavy atom. The van der Waals surface area contributed by atoms with Gasteiger partial charge in [-0.15, -0.1) is 0 Å². The first-order valence-corrected chi connectivity index (χ1v) is 13.3. The highest BCUT2D eigenvalue weighted by Gasteiger charge is 2.47. The summed E-state index contributed by atoms with van der Waals surface area (Å²) in [6, 6.07) is 7.81. The number of Topliss-reactive ketones (excluding diaryl/α,β-unsaturated/α-hetero) is 1. The SMILES string of the molecule is NC(=O)c1cc(-c2cccnc2[C@H](Cc2cc(F)cc(F)c2)NC(=O)Cn2nc(C(F)F)c3c2C(=O)CCC3(F)F)ccc1F. The third-order valence-electron chi connectivity index (χ3n) is 7.18. The molecule has 2 heterocycles. The molecule has 8 nitrogen and oxygen atoms in total. The number of amides is 2. The van der Waals surface area contributed by atoms with Gasteiger partial charge in [-0.05, 0) is 47.9 Å². The Bertz CT molecular complexity index is 1810. The second-order valence-corrected chi connectivity index (χ2v) is 10.3. The fourth-order valence-electron chi connectivity index (χ4n) is 5.28. The zero-order valence-corrected chi connectivity index (χ0v) is 23.0. The maximum atomic E-state index is 14.6. The van der Waals surface area contributed by atoms with Crippen LogP contribution in [0.3, 0.4) is 0 Å². The van der Waals surface area contributed by atoms with E-state index < -0.39 is 95.3 Å². The van der Waals surface area contributed by atoms with E-state index in [-0.39, 0.29) is 28.8 Å². The summed E-state index contributed by atoms with van der Waals surface area (Å²) < 4.78 is 99.5. The lowest BCUT2D eigenvalue weighted by Gasteiger charge is -2.23. The molecule has 5 rings (SSSR count). The van der Waals surface area contributed by atoms with Crippen LogP contribution >= 0.6 is 0 Å². The number of nitrogens with two attached hydrogens (primary N) is 1. The monoisotopic (exact) mass is 633 g/mol. The number of carbonyl (C=O) groups excluding carboxylic acids is 3. The summed E-state index contributed by atoms with van der Waals surface area (Å²) in [6.45, 7) is -0.949. The molecule has 1 atom stereocenters. The first-order valence-electron chi connectivity index (χ1n) is 13.3. The molecule has 0 radical (unpaired) electrons. The maximum absolute atomic E-state index is 14.6. The Labute approximate surface area is 250 Å². The Morgan fingerprint density at radius 1 is 1.02 bits per heavy atom. The number of benzene rings is 2. The van der Waals surface area contributed by atoms with Gasteiger partial charge in [0.1, 0.15) is 35.4 Å². The summed E-state index contributed by atoms with van der Waals surface area (Å²) in [6.07, 6.45) is -4.10. The average molecular weight is 634 g/mol. The van der Waals surface area contributed by atoms with Gasteiger partial charge in [-0.25, -0.2) is 30.7 Å². The Hall–Kier alpha value is -5.08. The number of halogens is 7. The molecular weight excluding hydrogens is 611 g/mol. The van der Waals surface area contributed by atoms with E-state index in [1.54, 1.807) is 0 Å². The van der Waals surface area contributed by atoms with Crippen LogP contribution in [0.5, 0.6) is 0 Å². The van der Waals surface area contributed by atoms with Crippen molar-refractivity contribution in [3.8, 4) is 11.1 Å². The van der Waals surface area contributed by atoms with Gasteiger partial charge in [0.15, 0.2) is 5.78 Å². The molecule has 0 aliphatic heterocycles. The number of carbonyl (C=O) groups is 3. The molecule has 0 saturated carbocycles. The third kappa shape index (κ3) is 6.42. The summed E-state index contributed by atoms with van der Waals surface area (Å²) in [7, 11) is 0. The zero-order chi connectivity index (χ0) is 32.6. The molecule has 0 spiro atoms. The van der Waals surface area contributed by atoms with Gasteiger partial charge in [-0.3, -0.25) is 24.0 Å². The van der Waals surface area contributed by atoms with Crippen molar-refractivity contribution >= 4 is 17.6 Å². The standard InChI is InChI=1S/C30H22F7N5O3/c31-16-8-14(9-17(32)12-16)10-21(25-18(2-1-7-39-25)15-3-4-20(33)19(11-15)29(38)45)40-23(44)13-42-27-22(43)5-6-30(36,37)24(27)26(41-42)28(34)35/h1-4,7-9,11-12,21,28H,5-6,10,13H2,(H2,38,45)(H,40,44)/t21-/m0/s1. The minimum absolute atomic E-state index is 0.0533. The lowest BCUT2D eigenvalue weighted by atomic mass is 9.91. The molecule has 4 aromatic rings. The van der Waals surface area contributed by atoms with Crippen molar-refractivity contribution in [3.05, 3.63) is 106 Å². The molecule has 0 bridgehead atoms. The van der Waals surface area contributed by atoms with Gasteiger partial charge in [0, 0.05) is 30.7 Å².